The predicted octanol–water partition coefficient (Wildman–Crippen LogP) is 0.940. The molecule has 1 fully saturated rings. The van der Waals surface area contributed by atoms with E-state index in [2.05, 4.69) is 16.7 Å². The lowest BCUT2D eigenvalue weighted by Crippen LogP contribution is -2.44. The smallest absolute Gasteiger partial charge is 0.237 e. The second-order valence-corrected chi connectivity index (χ2v) is 5.58. The molecule has 1 saturated heterocycles. The first-order valence-corrected chi connectivity index (χ1v) is 6.77. The van der Waals surface area contributed by atoms with Crippen LogP contribution in [-0.4, -0.2) is 35.7 Å². The third kappa shape index (κ3) is 4.24. The summed E-state index contributed by atoms with van der Waals surface area (Å²) in [6.07, 6.45) is 0.981. The van der Waals surface area contributed by atoms with Gasteiger partial charge in [-0.2, -0.15) is 0 Å². The van der Waals surface area contributed by atoms with Gasteiger partial charge in [0.05, 0.1) is 12.1 Å². The van der Waals surface area contributed by atoms with Crippen LogP contribution in [0.1, 0.15) is 18.2 Å². The van der Waals surface area contributed by atoms with Crippen LogP contribution in [0.15, 0.2) is 17.5 Å². The van der Waals surface area contributed by atoms with Crippen LogP contribution in [0.3, 0.4) is 0 Å². The molecule has 2 heterocycles. The molecule has 6 heteroatoms. The maximum atomic E-state index is 11.8. The van der Waals surface area contributed by atoms with E-state index in [1.807, 2.05) is 18.4 Å². The number of β-amino-alcohol motifs (C(OH)–C–C–N with tert-alkyl or cyclic N) is 1. The number of rotatable bonds is 4. The summed E-state index contributed by atoms with van der Waals surface area (Å²) in [5.41, 5.74) is 0. The van der Waals surface area contributed by atoms with E-state index in [-0.39, 0.29) is 30.4 Å². The van der Waals surface area contributed by atoms with Gasteiger partial charge < -0.3 is 15.7 Å². The summed E-state index contributed by atoms with van der Waals surface area (Å²) in [7, 11) is 0. The molecule has 3 unspecified atom stereocenters. The van der Waals surface area contributed by atoms with Crippen molar-refractivity contribution in [3.05, 3.63) is 22.4 Å². The lowest BCUT2D eigenvalue weighted by Gasteiger charge is -2.16. The summed E-state index contributed by atoms with van der Waals surface area (Å²) in [6, 6.07) is 3.98. The van der Waals surface area contributed by atoms with Crippen LogP contribution in [-0.2, 0) is 11.2 Å². The van der Waals surface area contributed by atoms with Crippen molar-refractivity contribution in [3.63, 3.8) is 0 Å². The van der Waals surface area contributed by atoms with E-state index in [9.17, 15) is 9.90 Å². The number of thiophene rings is 1. The molecule has 1 aliphatic heterocycles. The van der Waals surface area contributed by atoms with E-state index in [1.54, 1.807) is 11.3 Å². The number of aliphatic hydroxyl groups excluding tert-OH is 1. The van der Waals surface area contributed by atoms with Gasteiger partial charge in [-0.25, -0.2) is 0 Å². The normalized spacial score (nSPS) is 24.3. The minimum atomic E-state index is -0.390. The first-order chi connectivity index (χ1) is 8.15. The van der Waals surface area contributed by atoms with Crippen molar-refractivity contribution in [1.29, 1.82) is 0 Å². The quantitative estimate of drug-likeness (QED) is 0.773. The average Bonchev–Trinajstić information content (AvgIpc) is 2.89. The molecule has 1 aliphatic rings. The molecule has 0 bridgehead atoms. The zero-order chi connectivity index (χ0) is 12.3. The fourth-order valence-electron chi connectivity index (χ4n) is 2.04. The van der Waals surface area contributed by atoms with Gasteiger partial charge in [-0.1, -0.05) is 6.07 Å². The zero-order valence-electron chi connectivity index (χ0n) is 10.3. The number of hydrogen-bond acceptors (Lipinski definition) is 4. The van der Waals surface area contributed by atoms with Gasteiger partial charge in [0.1, 0.15) is 0 Å². The van der Waals surface area contributed by atoms with Crippen molar-refractivity contribution in [1.82, 2.24) is 10.6 Å². The molecule has 0 aromatic carbocycles. The Morgan fingerprint density at radius 2 is 2.50 bits per heavy atom. The molecule has 3 N–H and O–H groups in total. The standard InChI is InChI=1S/C12H18N2O2S.ClH/c1-8(5-10-3-2-4-17-10)14-12(16)11-6-9(15)7-13-11;/h2-4,8-9,11,13,15H,5-7H2,1H3,(H,14,16);1H. The Bertz CT molecular complexity index is 372. The second kappa shape index (κ2) is 7.09. The predicted molar refractivity (Wildman–Crippen MR) is 75.3 cm³/mol. The van der Waals surface area contributed by atoms with Crippen LogP contribution in [0.2, 0.25) is 0 Å². The first kappa shape index (κ1) is 15.4. The largest absolute Gasteiger partial charge is 0.392 e. The van der Waals surface area contributed by atoms with Gasteiger partial charge in [0.25, 0.3) is 0 Å². The molecule has 3 atom stereocenters. The number of amides is 1. The third-order valence-electron chi connectivity index (χ3n) is 2.90. The van der Waals surface area contributed by atoms with Crippen LogP contribution in [0.4, 0.5) is 0 Å². The Labute approximate surface area is 117 Å². The van der Waals surface area contributed by atoms with E-state index < -0.39 is 6.10 Å². The number of hydrogen-bond donors (Lipinski definition) is 3. The monoisotopic (exact) mass is 290 g/mol. The van der Waals surface area contributed by atoms with Gasteiger partial charge in [-0.05, 0) is 24.8 Å². The fourth-order valence-corrected chi connectivity index (χ4v) is 2.88. The number of carbonyl (C=O) groups is 1. The van der Waals surface area contributed by atoms with Crippen molar-refractivity contribution in [2.24, 2.45) is 0 Å². The number of halogens is 1. The van der Waals surface area contributed by atoms with E-state index >= 15 is 0 Å². The topological polar surface area (TPSA) is 61.4 Å². The molecular weight excluding hydrogens is 272 g/mol. The highest BCUT2D eigenvalue weighted by Gasteiger charge is 2.28. The molecule has 0 radical (unpaired) electrons. The van der Waals surface area contributed by atoms with Gasteiger partial charge in [-0.15, -0.1) is 23.7 Å². The van der Waals surface area contributed by atoms with Crippen molar-refractivity contribution in [2.45, 2.75) is 38.0 Å². The van der Waals surface area contributed by atoms with Crippen LogP contribution in [0.5, 0.6) is 0 Å². The Morgan fingerprint density at radius 1 is 1.72 bits per heavy atom. The molecule has 0 aliphatic carbocycles. The maximum Gasteiger partial charge on any atom is 0.237 e. The van der Waals surface area contributed by atoms with Crippen molar-refractivity contribution in [2.75, 3.05) is 6.54 Å². The highest BCUT2D eigenvalue weighted by atomic mass is 35.5. The van der Waals surface area contributed by atoms with E-state index in [4.69, 9.17) is 0 Å². The molecule has 1 aromatic heterocycles. The Balaban J connectivity index is 0.00000162. The second-order valence-electron chi connectivity index (χ2n) is 4.54. The van der Waals surface area contributed by atoms with Crippen molar-refractivity contribution < 1.29 is 9.90 Å². The summed E-state index contributed by atoms with van der Waals surface area (Å²) in [5.74, 6) is -0.00870. The Kier molecular flexibility index (Phi) is 6.08. The third-order valence-corrected chi connectivity index (χ3v) is 3.80. The lowest BCUT2D eigenvalue weighted by molar-refractivity contribution is -0.123. The number of nitrogens with one attached hydrogen (secondary N) is 2. The molecular formula is C12H19ClN2O2S. The van der Waals surface area contributed by atoms with E-state index in [0.717, 1.165) is 6.42 Å². The molecule has 1 aromatic rings. The average molecular weight is 291 g/mol. The minimum Gasteiger partial charge on any atom is -0.392 e. The summed E-state index contributed by atoms with van der Waals surface area (Å²) >= 11 is 1.70. The molecule has 0 saturated carbocycles. The van der Waals surface area contributed by atoms with Gasteiger partial charge in [0.15, 0.2) is 0 Å². The Hall–Kier alpha value is -0.620. The maximum absolute atomic E-state index is 11.8. The van der Waals surface area contributed by atoms with Crippen molar-refractivity contribution in [3.8, 4) is 0 Å². The summed E-state index contributed by atoms with van der Waals surface area (Å²) < 4.78 is 0. The zero-order valence-corrected chi connectivity index (χ0v) is 11.9. The molecule has 1 amide bonds. The highest BCUT2D eigenvalue weighted by Crippen LogP contribution is 2.12. The minimum absolute atomic E-state index is 0. The lowest BCUT2D eigenvalue weighted by atomic mass is 10.1. The number of aliphatic hydroxyl groups is 1. The van der Waals surface area contributed by atoms with Gasteiger partial charge in [0, 0.05) is 23.9 Å². The van der Waals surface area contributed by atoms with Crippen LogP contribution in [0.25, 0.3) is 0 Å². The van der Waals surface area contributed by atoms with Gasteiger partial charge in [-0.3, -0.25) is 4.79 Å². The molecule has 0 spiro atoms. The Morgan fingerprint density at radius 3 is 3.06 bits per heavy atom. The SMILES string of the molecule is CC(Cc1cccs1)NC(=O)C1CC(O)CN1.Cl. The van der Waals surface area contributed by atoms with Crippen LogP contribution in [0, 0.1) is 0 Å². The summed E-state index contributed by atoms with van der Waals surface area (Å²) in [4.78, 5) is 13.1. The van der Waals surface area contributed by atoms with Crippen molar-refractivity contribution >= 4 is 29.7 Å². The molecule has 2 rings (SSSR count). The van der Waals surface area contributed by atoms with Crippen LogP contribution < -0.4 is 10.6 Å². The summed E-state index contributed by atoms with van der Waals surface area (Å²) in [6.45, 7) is 2.51. The molecule has 4 nitrogen and oxygen atoms in total. The number of carbonyl (C=O) groups excluding carboxylic acids is 1. The van der Waals surface area contributed by atoms with E-state index in [0.29, 0.717) is 13.0 Å². The van der Waals surface area contributed by atoms with Gasteiger partial charge >= 0.3 is 0 Å². The first-order valence-electron chi connectivity index (χ1n) is 5.89. The summed E-state index contributed by atoms with van der Waals surface area (Å²) in [5, 5.41) is 17.4. The molecule has 102 valence electrons. The van der Waals surface area contributed by atoms with Gasteiger partial charge in [0.2, 0.25) is 5.91 Å². The van der Waals surface area contributed by atoms with E-state index in [1.165, 1.54) is 4.88 Å². The van der Waals surface area contributed by atoms with Crippen LogP contribution >= 0.6 is 23.7 Å². The highest BCUT2D eigenvalue weighted by molar-refractivity contribution is 7.09. The fraction of sp³-hybridized carbons (Fsp3) is 0.583. The molecule has 18 heavy (non-hydrogen) atoms.